The first-order valence-electron chi connectivity index (χ1n) is 5.35. The summed E-state index contributed by atoms with van der Waals surface area (Å²) in [6.45, 7) is 3.99. The smallest absolute Gasteiger partial charge is 0.179 e. The topological polar surface area (TPSA) is 67.2 Å². The van der Waals surface area contributed by atoms with Gasteiger partial charge in [-0.3, -0.25) is 0 Å². The molecular weight excluding hydrogens is 238 g/mol. The van der Waals surface area contributed by atoms with E-state index in [1.807, 2.05) is 13.0 Å². The van der Waals surface area contributed by atoms with Crippen molar-refractivity contribution in [3.05, 3.63) is 24.3 Å². The van der Waals surface area contributed by atoms with Gasteiger partial charge in [0.2, 0.25) is 0 Å². The van der Waals surface area contributed by atoms with Crippen LogP contribution in [0.2, 0.25) is 0 Å². The van der Waals surface area contributed by atoms with Crippen LogP contribution in [0.15, 0.2) is 29.2 Å². The molecule has 5 heteroatoms. The Morgan fingerprint density at radius 2 is 1.94 bits per heavy atom. The SMILES string of the molecule is CCOc1ccc(S(=O)(=O)CC(C)C#N)cc1. The van der Waals surface area contributed by atoms with E-state index < -0.39 is 15.8 Å². The van der Waals surface area contributed by atoms with Crippen LogP contribution in [0.5, 0.6) is 5.75 Å². The summed E-state index contributed by atoms with van der Waals surface area (Å²) < 4.78 is 29.0. The van der Waals surface area contributed by atoms with Crippen molar-refractivity contribution < 1.29 is 13.2 Å². The van der Waals surface area contributed by atoms with E-state index in [9.17, 15) is 8.42 Å². The number of nitriles is 1. The van der Waals surface area contributed by atoms with Crippen molar-refractivity contribution in [2.24, 2.45) is 5.92 Å². The Morgan fingerprint density at radius 1 is 1.35 bits per heavy atom. The Kier molecular flexibility index (Phi) is 4.53. The molecule has 0 N–H and O–H groups in total. The Labute approximate surface area is 102 Å². The first kappa shape index (κ1) is 13.5. The zero-order valence-electron chi connectivity index (χ0n) is 9.88. The van der Waals surface area contributed by atoms with Gasteiger partial charge in [0.15, 0.2) is 9.84 Å². The third-order valence-corrected chi connectivity index (χ3v) is 4.11. The highest BCUT2D eigenvalue weighted by Crippen LogP contribution is 2.18. The highest BCUT2D eigenvalue weighted by molar-refractivity contribution is 7.91. The number of nitrogens with zero attached hydrogens (tertiary/aromatic N) is 1. The predicted molar refractivity (Wildman–Crippen MR) is 64.4 cm³/mol. The van der Waals surface area contributed by atoms with Crippen LogP contribution in [0, 0.1) is 17.2 Å². The number of benzene rings is 1. The molecule has 0 bridgehead atoms. The Hall–Kier alpha value is -1.54. The molecule has 0 heterocycles. The summed E-state index contributed by atoms with van der Waals surface area (Å²) in [6.07, 6.45) is 0. The number of ether oxygens (including phenoxy) is 1. The minimum atomic E-state index is -3.38. The Morgan fingerprint density at radius 3 is 2.41 bits per heavy atom. The lowest BCUT2D eigenvalue weighted by Crippen LogP contribution is -2.12. The first-order chi connectivity index (χ1) is 7.99. The molecule has 4 nitrogen and oxygen atoms in total. The molecule has 0 aliphatic heterocycles. The monoisotopic (exact) mass is 253 g/mol. The second-order valence-corrected chi connectivity index (χ2v) is 5.75. The van der Waals surface area contributed by atoms with Gasteiger partial charge >= 0.3 is 0 Å². The maximum Gasteiger partial charge on any atom is 0.179 e. The lowest BCUT2D eigenvalue weighted by molar-refractivity contribution is 0.340. The van der Waals surface area contributed by atoms with Crippen LogP contribution in [-0.4, -0.2) is 20.8 Å². The predicted octanol–water partition coefficient (Wildman–Crippen LogP) is 2.02. The number of rotatable bonds is 5. The van der Waals surface area contributed by atoms with Crippen LogP contribution in [0.3, 0.4) is 0 Å². The van der Waals surface area contributed by atoms with E-state index in [1.165, 1.54) is 12.1 Å². The molecule has 0 aliphatic rings. The standard InChI is InChI=1S/C12H15NO3S/c1-3-16-11-4-6-12(7-5-11)17(14,15)9-10(2)8-13/h4-7,10H,3,9H2,1-2H3. The molecule has 0 radical (unpaired) electrons. The number of hydrogen-bond donors (Lipinski definition) is 0. The number of hydrogen-bond acceptors (Lipinski definition) is 4. The van der Waals surface area contributed by atoms with Crippen LogP contribution >= 0.6 is 0 Å². The van der Waals surface area contributed by atoms with Gasteiger partial charge in [-0.25, -0.2) is 8.42 Å². The normalized spacial score (nSPS) is 12.8. The van der Waals surface area contributed by atoms with Crippen molar-refractivity contribution in [3.63, 3.8) is 0 Å². The summed E-state index contributed by atoms with van der Waals surface area (Å²) >= 11 is 0. The third-order valence-electron chi connectivity index (χ3n) is 2.18. The second kappa shape index (κ2) is 5.69. The molecule has 0 saturated carbocycles. The maximum atomic E-state index is 11.9. The van der Waals surface area contributed by atoms with E-state index in [1.54, 1.807) is 19.1 Å². The molecule has 0 amide bonds. The molecule has 1 unspecified atom stereocenters. The summed E-state index contributed by atoms with van der Waals surface area (Å²) in [7, 11) is -3.38. The first-order valence-corrected chi connectivity index (χ1v) is 7.00. The zero-order valence-corrected chi connectivity index (χ0v) is 10.7. The van der Waals surface area contributed by atoms with Gasteiger partial charge in [-0.2, -0.15) is 5.26 Å². The van der Waals surface area contributed by atoms with Gasteiger partial charge in [-0.1, -0.05) is 0 Å². The van der Waals surface area contributed by atoms with E-state index in [4.69, 9.17) is 10.00 Å². The van der Waals surface area contributed by atoms with E-state index in [0.717, 1.165) is 0 Å². The van der Waals surface area contributed by atoms with Crippen molar-refractivity contribution in [2.75, 3.05) is 12.4 Å². The quantitative estimate of drug-likeness (QED) is 0.805. The largest absolute Gasteiger partial charge is 0.494 e. The minimum absolute atomic E-state index is 0.155. The van der Waals surface area contributed by atoms with Gasteiger partial charge in [-0.05, 0) is 38.1 Å². The molecule has 0 spiro atoms. The van der Waals surface area contributed by atoms with Crippen molar-refractivity contribution in [2.45, 2.75) is 18.7 Å². The summed E-state index contributed by atoms with van der Waals surface area (Å²) in [6, 6.07) is 8.16. The summed E-state index contributed by atoms with van der Waals surface area (Å²) in [4.78, 5) is 0.225. The maximum absolute atomic E-state index is 11.9. The third kappa shape index (κ3) is 3.75. The van der Waals surface area contributed by atoms with Crippen LogP contribution in [0.1, 0.15) is 13.8 Å². The van der Waals surface area contributed by atoms with Crippen LogP contribution in [0.25, 0.3) is 0 Å². The minimum Gasteiger partial charge on any atom is -0.494 e. The molecule has 1 aromatic rings. The van der Waals surface area contributed by atoms with E-state index >= 15 is 0 Å². The highest BCUT2D eigenvalue weighted by Gasteiger charge is 2.18. The van der Waals surface area contributed by atoms with Gasteiger partial charge in [0, 0.05) is 0 Å². The van der Waals surface area contributed by atoms with Gasteiger partial charge < -0.3 is 4.74 Å². The molecule has 1 rings (SSSR count). The van der Waals surface area contributed by atoms with Crippen LogP contribution in [-0.2, 0) is 9.84 Å². The van der Waals surface area contributed by atoms with Crippen LogP contribution in [0.4, 0.5) is 0 Å². The second-order valence-electron chi connectivity index (χ2n) is 3.72. The van der Waals surface area contributed by atoms with Gasteiger partial charge in [0.1, 0.15) is 5.75 Å². The summed E-state index contributed by atoms with van der Waals surface area (Å²) in [5.74, 6) is -0.0244. The van der Waals surface area contributed by atoms with Crippen molar-refractivity contribution in [1.29, 1.82) is 5.26 Å². The Balaban J connectivity index is 2.89. The molecule has 1 aromatic carbocycles. The average Bonchev–Trinajstić information content (AvgIpc) is 2.29. The molecule has 0 aliphatic carbocycles. The fraction of sp³-hybridized carbons (Fsp3) is 0.417. The molecule has 17 heavy (non-hydrogen) atoms. The van der Waals surface area contributed by atoms with E-state index in [0.29, 0.717) is 12.4 Å². The lowest BCUT2D eigenvalue weighted by Gasteiger charge is -2.07. The lowest BCUT2D eigenvalue weighted by atomic mass is 10.3. The van der Waals surface area contributed by atoms with Crippen LogP contribution < -0.4 is 4.74 Å². The van der Waals surface area contributed by atoms with Gasteiger partial charge in [0.25, 0.3) is 0 Å². The van der Waals surface area contributed by atoms with Gasteiger partial charge in [-0.15, -0.1) is 0 Å². The van der Waals surface area contributed by atoms with Crippen molar-refractivity contribution >= 4 is 9.84 Å². The molecule has 92 valence electrons. The average molecular weight is 253 g/mol. The summed E-state index contributed by atoms with van der Waals surface area (Å²) in [5, 5.41) is 8.62. The molecule has 0 aromatic heterocycles. The van der Waals surface area contributed by atoms with E-state index in [-0.39, 0.29) is 10.6 Å². The molecule has 0 fully saturated rings. The van der Waals surface area contributed by atoms with E-state index in [2.05, 4.69) is 0 Å². The van der Waals surface area contributed by atoms with Crippen molar-refractivity contribution in [3.8, 4) is 11.8 Å². The molecule has 0 saturated heterocycles. The highest BCUT2D eigenvalue weighted by atomic mass is 32.2. The molecule has 1 atom stereocenters. The Bertz CT molecular complexity index is 500. The fourth-order valence-electron chi connectivity index (χ4n) is 1.37. The fourth-order valence-corrected chi connectivity index (χ4v) is 2.85. The van der Waals surface area contributed by atoms with Crippen molar-refractivity contribution in [1.82, 2.24) is 0 Å². The number of sulfone groups is 1. The van der Waals surface area contributed by atoms with Gasteiger partial charge in [0.05, 0.1) is 29.2 Å². The molecular formula is C12H15NO3S. The summed E-state index contributed by atoms with van der Waals surface area (Å²) in [5.41, 5.74) is 0. The zero-order chi connectivity index (χ0) is 12.9.